The van der Waals surface area contributed by atoms with E-state index >= 15 is 0 Å². The molecular formula is C24H46BrClO3. The standard InChI is InChI=1S/C12H22BrClO.C12H24O2/c1-2-3-4-5-6-7-8-9-10-11(13)12(14)15;1-2-3-4-5-6-7-8-9-10-11-12(13)14/h11H,2-10H2,1H3;2-11H2,1H3,(H,13,14). The number of hydrogen-bond acceptors (Lipinski definition) is 2. The van der Waals surface area contributed by atoms with Crippen molar-refractivity contribution < 1.29 is 14.7 Å². The molecule has 0 rings (SSSR count). The molecule has 0 radical (unpaired) electrons. The van der Waals surface area contributed by atoms with Crippen molar-refractivity contribution in [1.82, 2.24) is 0 Å². The number of halogens is 2. The maximum atomic E-state index is 10.7. The second-order valence-corrected chi connectivity index (χ2v) is 9.49. The van der Waals surface area contributed by atoms with Gasteiger partial charge in [-0.1, -0.05) is 133 Å². The Morgan fingerprint density at radius 1 is 0.690 bits per heavy atom. The smallest absolute Gasteiger partial charge is 0.303 e. The Bertz CT molecular complexity index is 364. The lowest BCUT2D eigenvalue weighted by Crippen LogP contribution is -2.06. The summed E-state index contributed by atoms with van der Waals surface area (Å²) >= 11 is 8.60. The van der Waals surface area contributed by atoms with Crippen LogP contribution in [0.25, 0.3) is 0 Å². The average Bonchev–Trinajstić information content (AvgIpc) is 2.68. The minimum Gasteiger partial charge on any atom is -0.481 e. The number of carboxylic acid groups (broad SMARTS) is 1. The summed E-state index contributed by atoms with van der Waals surface area (Å²) in [5.74, 6) is -0.659. The minimum atomic E-state index is -0.659. The van der Waals surface area contributed by atoms with E-state index in [-0.39, 0.29) is 10.1 Å². The van der Waals surface area contributed by atoms with Gasteiger partial charge in [0.05, 0.1) is 4.83 Å². The van der Waals surface area contributed by atoms with Gasteiger partial charge in [0.25, 0.3) is 0 Å². The fourth-order valence-corrected chi connectivity index (χ4v) is 3.59. The van der Waals surface area contributed by atoms with Crippen molar-refractivity contribution in [3.8, 4) is 0 Å². The van der Waals surface area contributed by atoms with Crippen LogP contribution in [0.2, 0.25) is 0 Å². The first-order valence-corrected chi connectivity index (χ1v) is 13.3. The van der Waals surface area contributed by atoms with Gasteiger partial charge in [-0.15, -0.1) is 0 Å². The lowest BCUT2D eigenvalue weighted by atomic mass is 10.1. The summed E-state index contributed by atoms with van der Waals surface area (Å²) in [7, 11) is 0. The number of aliphatic carboxylic acids is 1. The molecule has 1 atom stereocenters. The Labute approximate surface area is 193 Å². The second kappa shape index (κ2) is 25.9. The zero-order valence-corrected chi connectivity index (χ0v) is 21.4. The fraction of sp³-hybridized carbons (Fsp3) is 0.917. The maximum Gasteiger partial charge on any atom is 0.303 e. The zero-order chi connectivity index (χ0) is 22.2. The Morgan fingerprint density at radius 2 is 1.03 bits per heavy atom. The monoisotopic (exact) mass is 496 g/mol. The van der Waals surface area contributed by atoms with Gasteiger partial charge in [-0.05, 0) is 24.4 Å². The van der Waals surface area contributed by atoms with Crippen LogP contribution in [-0.4, -0.2) is 21.1 Å². The molecule has 0 fully saturated rings. The average molecular weight is 498 g/mol. The van der Waals surface area contributed by atoms with Crippen molar-refractivity contribution in [2.45, 2.75) is 141 Å². The van der Waals surface area contributed by atoms with Gasteiger partial charge in [-0.2, -0.15) is 0 Å². The van der Waals surface area contributed by atoms with Gasteiger partial charge < -0.3 is 5.11 Å². The Hall–Kier alpha value is -0.0900. The van der Waals surface area contributed by atoms with E-state index < -0.39 is 5.97 Å². The highest BCUT2D eigenvalue weighted by molar-refractivity contribution is 9.10. The summed E-state index contributed by atoms with van der Waals surface area (Å²) in [4.78, 5) is 20.8. The summed E-state index contributed by atoms with van der Waals surface area (Å²) in [6.07, 6.45) is 22.7. The van der Waals surface area contributed by atoms with Crippen molar-refractivity contribution in [2.75, 3.05) is 0 Å². The molecular weight excluding hydrogens is 452 g/mol. The fourth-order valence-electron chi connectivity index (χ4n) is 3.16. The minimum absolute atomic E-state index is 0.140. The van der Waals surface area contributed by atoms with Crippen LogP contribution in [0.3, 0.4) is 0 Å². The van der Waals surface area contributed by atoms with Crippen molar-refractivity contribution in [3.05, 3.63) is 0 Å². The molecule has 0 saturated carbocycles. The third-order valence-electron chi connectivity index (χ3n) is 5.05. The summed E-state index contributed by atoms with van der Waals surface area (Å²) < 4.78 is 0. The van der Waals surface area contributed by atoms with Crippen LogP contribution < -0.4 is 0 Å². The first-order chi connectivity index (χ1) is 14.0. The third kappa shape index (κ3) is 30.2. The summed E-state index contributed by atoms with van der Waals surface area (Å²) in [6.45, 7) is 4.46. The van der Waals surface area contributed by atoms with Crippen molar-refractivity contribution >= 4 is 38.7 Å². The summed E-state index contributed by atoms with van der Waals surface area (Å²) in [6, 6.07) is 0. The van der Waals surface area contributed by atoms with Crippen LogP contribution in [0.15, 0.2) is 0 Å². The SMILES string of the molecule is CCCCCCCCCCC(Br)C(=O)Cl.CCCCCCCCCCCC(=O)O. The number of carboxylic acids is 1. The molecule has 0 bridgehead atoms. The number of rotatable bonds is 20. The molecule has 0 aliphatic rings. The van der Waals surface area contributed by atoms with Crippen molar-refractivity contribution in [1.29, 1.82) is 0 Å². The van der Waals surface area contributed by atoms with E-state index in [4.69, 9.17) is 16.7 Å². The Morgan fingerprint density at radius 3 is 1.38 bits per heavy atom. The molecule has 1 N–H and O–H groups in total. The second-order valence-electron chi connectivity index (χ2n) is 8.01. The van der Waals surface area contributed by atoms with Crippen LogP contribution in [0.4, 0.5) is 0 Å². The number of alkyl halides is 1. The highest BCUT2D eigenvalue weighted by atomic mass is 79.9. The van der Waals surface area contributed by atoms with Gasteiger partial charge >= 0.3 is 5.97 Å². The van der Waals surface area contributed by atoms with E-state index in [0.717, 1.165) is 25.7 Å². The molecule has 0 aromatic carbocycles. The van der Waals surface area contributed by atoms with E-state index in [1.807, 2.05) is 0 Å². The van der Waals surface area contributed by atoms with E-state index in [9.17, 15) is 9.59 Å². The largest absolute Gasteiger partial charge is 0.481 e. The topological polar surface area (TPSA) is 54.4 Å². The zero-order valence-electron chi connectivity index (χ0n) is 19.0. The lowest BCUT2D eigenvalue weighted by molar-refractivity contribution is -0.137. The Balaban J connectivity index is 0. The van der Waals surface area contributed by atoms with E-state index in [2.05, 4.69) is 29.8 Å². The van der Waals surface area contributed by atoms with Crippen LogP contribution in [0, 0.1) is 0 Å². The van der Waals surface area contributed by atoms with Gasteiger partial charge in [0.15, 0.2) is 0 Å². The van der Waals surface area contributed by atoms with Crippen LogP contribution in [0.5, 0.6) is 0 Å². The molecule has 0 saturated heterocycles. The van der Waals surface area contributed by atoms with Crippen LogP contribution in [-0.2, 0) is 9.59 Å². The van der Waals surface area contributed by atoms with Gasteiger partial charge in [0.1, 0.15) is 0 Å². The number of hydrogen-bond donors (Lipinski definition) is 1. The van der Waals surface area contributed by atoms with E-state index in [0.29, 0.717) is 6.42 Å². The number of unbranched alkanes of at least 4 members (excludes halogenated alkanes) is 15. The molecule has 0 amide bonds. The molecule has 0 heterocycles. The molecule has 29 heavy (non-hydrogen) atoms. The lowest BCUT2D eigenvalue weighted by Gasteiger charge is -2.04. The van der Waals surface area contributed by atoms with Gasteiger partial charge in [-0.25, -0.2) is 0 Å². The molecule has 0 aliphatic carbocycles. The predicted molar refractivity (Wildman–Crippen MR) is 130 cm³/mol. The molecule has 0 aromatic rings. The molecule has 1 unspecified atom stereocenters. The van der Waals surface area contributed by atoms with Crippen molar-refractivity contribution in [3.63, 3.8) is 0 Å². The summed E-state index contributed by atoms with van der Waals surface area (Å²) in [5, 5.41) is 8.15. The van der Waals surface area contributed by atoms with Crippen LogP contribution in [0.1, 0.15) is 136 Å². The van der Waals surface area contributed by atoms with Gasteiger partial charge in [-0.3, -0.25) is 9.59 Å². The quantitative estimate of drug-likeness (QED) is 0.104. The molecule has 5 heteroatoms. The number of carbonyl (C=O) groups is 2. The number of carbonyl (C=O) groups excluding carboxylic acids is 1. The maximum absolute atomic E-state index is 10.7. The first-order valence-electron chi connectivity index (χ1n) is 12.0. The van der Waals surface area contributed by atoms with E-state index in [1.165, 1.54) is 89.9 Å². The molecule has 174 valence electrons. The van der Waals surface area contributed by atoms with Crippen LogP contribution >= 0.6 is 27.5 Å². The van der Waals surface area contributed by atoms with E-state index in [1.54, 1.807) is 0 Å². The molecule has 0 spiro atoms. The first kappa shape index (κ1) is 31.1. The highest BCUT2D eigenvalue weighted by Gasteiger charge is 2.10. The molecule has 0 aromatic heterocycles. The molecule has 3 nitrogen and oxygen atoms in total. The predicted octanol–water partition coefficient (Wildman–Crippen LogP) is 9.04. The Kier molecular flexibility index (Phi) is 27.8. The highest BCUT2D eigenvalue weighted by Crippen LogP contribution is 2.15. The van der Waals surface area contributed by atoms with Gasteiger partial charge in [0.2, 0.25) is 5.24 Å². The van der Waals surface area contributed by atoms with Crippen molar-refractivity contribution in [2.24, 2.45) is 0 Å². The van der Waals surface area contributed by atoms with Gasteiger partial charge in [0, 0.05) is 6.42 Å². The normalized spacial score (nSPS) is 11.6. The molecule has 0 aliphatic heterocycles. The third-order valence-corrected chi connectivity index (χ3v) is 6.45. The summed E-state index contributed by atoms with van der Waals surface area (Å²) in [5.41, 5.74) is 0.